The van der Waals surface area contributed by atoms with Gasteiger partial charge in [-0.15, -0.1) is 0 Å². The van der Waals surface area contributed by atoms with Gasteiger partial charge in [-0.1, -0.05) is 17.7 Å². The number of halogens is 4. The lowest BCUT2D eigenvalue weighted by Gasteiger charge is -2.36. The molecule has 31 heavy (non-hydrogen) atoms. The van der Waals surface area contributed by atoms with E-state index in [2.05, 4.69) is 5.32 Å². The van der Waals surface area contributed by atoms with Crippen LogP contribution in [-0.2, 0) is 4.79 Å². The highest BCUT2D eigenvalue weighted by Gasteiger charge is 2.43. The molecule has 2 amide bonds. The van der Waals surface area contributed by atoms with Gasteiger partial charge in [0.25, 0.3) is 5.91 Å². The van der Waals surface area contributed by atoms with Crippen LogP contribution in [0, 0.1) is 0 Å². The summed E-state index contributed by atoms with van der Waals surface area (Å²) >= 11 is 6.36. The molecule has 0 bridgehead atoms. The molecule has 1 saturated heterocycles. The number of piperazine rings is 1. The molecule has 0 atom stereocenters. The van der Waals surface area contributed by atoms with Crippen LogP contribution in [0.2, 0.25) is 5.02 Å². The Balaban J connectivity index is 1.64. The zero-order valence-electron chi connectivity index (χ0n) is 16.7. The fourth-order valence-corrected chi connectivity index (χ4v) is 3.57. The first kappa shape index (κ1) is 22.7. The molecule has 0 unspecified atom stereocenters. The highest BCUT2D eigenvalue weighted by Crippen LogP contribution is 2.30. The normalized spacial score (nSPS) is 14.4. The van der Waals surface area contributed by atoms with Gasteiger partial charge >= 0.3 is 12.1 Å². The molecule has 3 rings (SSSR count). The van der Waals surface area contributed by atoms with Crippen molar-refractivity contribution in [2.24, 2.45) is 0 Å². The quantitative estimate of drug-likeness (QED) is 0.734. The summed E-state index contributed by atoms with van der Waals surface area (Å²) in [6, 6.07) is 11.7. The Hall–Kier alpha value is -2.94. The molecule has 1 fully saturated rings. The van der Waals surface area contributed by atoms with E-state index in [1.54, 1.807) is 47.4 Å². The van der Waals surface area contributed by atoms with Gasteiger partial charge in [-0.05, 0) is 43.3 Å². The van der Waals surface area contributed by atoms with Crippen molar-refractivity contribution in [1.82, 2.24) is 4.90 Å². The highest BCUT2D eigenvalue weighted by molar-refractivity contribution is 6.33. The molecule has 0 radical (unpaired) electrons. The number of alkyl halides is 3. The molecular weight excluding hydrogens is 435 g/mol. The summed E-state index contributed by atoms with van der Waals surface area (Å²) in [7, 11) is 0. The lowest BCUT2D eigenvalue weighted by molar-refractivity contribution is -0.185. The zero-order valence-corrected chi connectivity index (χ0v) is 17.5. The predicted molar refractivity (Wildman–Crippen MR) is 112 cm³/mol. The first-order chi connectivity index (χ1) is 14.7. The van der Waals surface area contributed by atoms with E-state index in [1.807, 2.05) is 6.92 Å². The SMILES string of the molecule is CCOc1cccc(C(=O)Nc2ccc(N3CCN(C(=O)C(F)(F)F)CC3)c(Cl)c2)c1. The molecule has 0 aromatic heterocycles. The Morgan fingerprint density at radius 3 is 2.42 bits per heavy atom. The van der Waals surface area contributed by atoms with Crippen LogP contribution in [0.1, 0.15) is 17.3 Å². The van der Waals surface area contributed by atoms with Crippen LogP contribution < -0.4 is 15.0 Å². The van der Waals surface area contributed by atoms with Gasteiger partial charge in [0.15, 0.2) is 0 Å². The van der Waals surface area contributed by atoms with Crippen LogP contribution in [0.15, 0.2) is 42.5 Å². The van der Waals surface area contributed by atoms with Crippen molar-refractivity contribution in [3.05, 3.63) is 53.1 Å². The zero-order chi connectivity index (χ0) is 22.6. The highest BCUT2D eigenvalue weighted by atomic mass is 35.5. The molecule has 1 heterocycles. The second-order valence-corrected chi connectivity index (χ2v) is 7.27. The molecule has 0 spiro atoms. The Morgan fingerprint density at radius 2 is 1.81 bits per heavy atom. The Bertz CT molecular complexity index is 960. The van der Waals surface area contributed by atoms with E-state index in [0.29, 0.717) is 34.3 Å². The van der Waals surface area contributed by atoms with E-state index in [4.69, 9.17) is 16.3 Å². The van der Waals surface area contributed by atoms with Crippen molar-refractivity contribution < 1.29 is 27.5 Å². The van der Waals surface area contributed by atoms with Gasteiger partial charge in [0.05, 0.1) is 17.3 Å². The summed E-state index contributed by atoms with van der Waals surface area (Å²) < 4.78 is 43.1. The average molecular weight is 456 g/mol. The minimum absolute atomic E-state index is 0.0523. The number of rotatable bonds is 5. The Morgan fingerprint density at radius 1 is 1.10 bits per heavy atom. The predicted octanol–water partition coefficient (Wildman–Crippen LogP) is 4.20. The first-order valence-electron chi connectivity index (χ1n) is 9.64. The number of amides is 2. The number of hydrogen-bond donors (Lipinski definition) is 1. The summed E-state index contributed by atoms with van der Waals surface area (Å²) in [5.74, 6) is -1.57. The maximum atomic E-state index is 12.6. The van der Waals surface area contributed by atoms with Crippen LogP contribution in [0.4, 0.5) is 24.5 Å². The van der Waals surface area contributed by atoms with Crippen LogP contribution in [-0.4, -0.2) is 55.7 Å². The van der Waals surface area contributed by atoms with Gasteiger partial charge in [-0.2, -0.15) is 13.2 Å². The van der Waals surface area contributed by atoms with Crippen LogP contribution >= 0.6 is 11.6 Å². The second-order valence-electron chi connectivity index (χ2n) is 6.86. The average Bonchev–Trinajstić information content (AvgIpc) is 2.73. The van der Waals surface area contributed by atoms with Gasteiger partial charge in [0.2, 0.25) is 0 Å². The standard InChI is InChI=1S/C21H21ClF3N3O3/c1-2-31-16-5-3-4-14(12-16)19(29)26-15-6-7-18(17(22)13-15)27-8-10-28(11-9-27)20(30)21(23,24)25/h3-7,12-13H,2,8-11H2,1H3,(H,26,29). The second kappa shape index (κ2) is 9.47. The van der Waals surface area contributed by atoms with Crippen molar-refractivity contribution in [2.45, 2.75) is 13.1 Å². The number of benzene rings is 2. The third kappa shape index (κ3) is 5.61. The minimum Gasteiger partial charge on any atom is -0.494 e. The third-order valence-electron chi connectivity index (χ3n) is 4.76. The number of carbonyl (C=O) groups is 2. The first-order valence-corrected chi connectivity index (χ1v) is 10.0. The summed E-state index contributed by atoms with van der Waals surface area (Å²) in [5, 5.41) is 3.11. The van der Waals surface area contributed by atoms with Gasteiger partial charge in [0, 0.05) is 37.4 Å². The Kier molecular flexibility index (Phi) is 6.94. The smallest absolute Gasteiger partial charge is 0.471 e. The number of nitrogens with one attached hydrogen (secondary N) is 1. The molecule has 1 aliphatic rings. The number of hydrogen-bond acceptors (Lipinski definition) is 4. The Labute approximate surface area is 182 Å². The lowest BCUT2D eigenvalue weighted by Crippen LogP contribution is -2.52. The molecular formula is C21H21ClF3N3O3. The molecule has 166 valence electrons. The summed E-state index contributed by atoms with van der Waals surface area (Å²) in [4.78, 5) is 26.5. The van der Waals surface area contributed by atoms with Gasteiger partial charge in [-0.25, -0.2) is 0 Å². The van der Waals surface area contributed by atoms with Crippen molar-refractivity contribution in [3.8, 4) is 5.75 Å². The molecule has 0 saturated carbocycles. The maximum absolute atomic E-state index is 12.6. The molecule has 6 nitrogen and oxygen atoms in total. The lowest BCUT2D eigenvalue weighted by atomic mass is 10.2. The topological polar surface area (TPSA) is 61.9 Å². The van der Waals surface area contributed by atoms with Gasteiger partial charge in [0.1, 0.15) is 5.75 Å². The fourth-order valence-electron chi connectivity index (χ4n) is 3.27. The summed E-state index contributed by atoms with van der Waals surface area (Å²) in [6.07, 6.45) is -4.87. The van der Waals surface area contributed by atoms with Gasteiger partial charge in [-0.3, -0.25) is 9.59 Å². The fraction of sp³-hybridized carbons (Fsp3) is 0.333. The van der Waals surface area contributed by atoms with E-state index >= 15 is 0 Å². The number of ether oxygens (including phenoxy) is 1. The van der Waals surface area contributed by atoms with E-state index in [1.165, 1.54) is 0 Å². The van der Waals surface area contributed by atoms with Crippen molar-refractivity contribution in [1.29, 1.82) is 0 Å². The van der Waals surface area contributed by atoms with Crippen LogP contribution in [0.5, 0.6) is 5.75 Å². The van der Waals surface area contributed by atoms with Crippen molar-refractivity contribution in [2.75, 3.05) is 43.0 Å². The van der Waals surface area contributed by atoms with E-state index in [9.17, 15) is 22.8 Å². The van der Waals surface area contributed by atoms with Crippen LogP contribution in [0.3, 0.4) is 0 Å². The van der Waals surface area contributed by atoms with E-state index in [0.717, 1.165) is 4.90 Å². The number of anilines is 2. The van der Waals surface area contributed by atoms with E-state index < -0.39 is 12.1 Å². The molecule has 1 N–H and O–H groups in total. The minimum atomic E-state index is -4.87. The summed E-state index contributed by atoms with van der Waals surface area (Å²) in [6.45, 7) is 2.67. The monoisotopic (exact) mass is 455 g/mol. The number of carbonyl (C=O) groups excluding carboxylic acids is 2. The van der Waals surface area contributed by atoms with Crippen molar-refractivity contribution in [3.63, 3.8) is 0 Å². The third-order valence-corrected chi connectivity index (χ3v) is 5.07. The van der Waals surface area contributed by atoms with E-state index in [-0.39, 0.29) is 32.1 Å². The molecule has 1 aliphatic heterocycles. The van der Waals surface area contributed by atoms with Crippen LogP contribution in [0.25, 0.3) is 0 Å². The van der Waals surface area contributed by atoms with Gasteiger partial charge < -0.3 is 19.9 Å². The summed E-state index contributed by atoms with van der Waals surface area (Å²) in [5.41, 5.74) is 1.53. The molecule has 2 aromatic rings. The molecule has 0 aliphatic carbocycles. The molecule has 10 heteroatoms. The maximum Gasteiger partial charge on any atom is 0.471 e. The number of nitrogens with zero attached hydrogens (tertiary/aromatic N) is 2. The molecule has 2 aromatic carbocycles. The largest absolute Gasteiger partial charge is 0.494 e. The van der Waals surface area contributed by atoms with Crippen molar-refractivity contribution >= 4 is 34.8 Å².